The third-order valence-corrected chi connectivity index (χ3v) is 13.0. The van der Waals surface area contributed by atoms with Gasteiger partial charge >= 0.3 is 0 Å². The van der Waals surface area contributed by atoms with Gasteiger partial charge in [0.1, 0.15) is 6.17 Å². The van der Waals surface area contributed by atoms with Crippen molar-refractivity contribution in [2.45, 2.75) is 106 Å². The van der Waals surface area contributed by atoms with Crippen molar-refractivity contribution in [3.8, 4) is 0 Å². The molecule has 8 aliphatic rings. The summed E-state index contributed by atoms with van der Waals surface area (Å²) in [7, 11) is 3.88. The van der Waals surface area contributed by atoms with Crippen LogP contribution >= 0.6 is 0 Å². The highest BCUT2D eigenvalue weighted by Gasteiger charge is 2.62. The van der Waals surface area contributed by atoms with Crippen LogP contribution in [0.25, 0.3) is 0 Å². The third kappa shape index (κ3) is 6.57. The Bertz CT molecular complexity index is 1300. The van der Waals surface area contributed by atoms with Crippen molar-refractivity contribution < 1.29 is 33.0 Å². The molecule has 5 aliphatic heterocycles. The summed E-state index contributed by atoms with van der Waals surface area (Å²) in [6.07, 6.45) is 7.52. The van der Waals surface area contributed by atoms with Crippen LogP contribution in [0.4, 0.5) is 4.39 Å². The van der Waals surface area contributed by atoms with Crippen LogP contribution in [-0.4, -0.2) is 165 Å². The number of ketones is 1. The number of likely N-dealkylation sites (tertiary alicyclic amines) is 1. The second-order valence-electron chi connectivity index (χ2n) is 16.2. The minimum atomic E-state index is -1.29. The average Bonchev–Trinajstić information content (AvgIpc) is 3.69. The number of halogens is 1. The van der Waals surface area contributed by atoms with Gasteiger partial charge < -0.3 is 34.6 Å². The molecule has 0 aromatic carbocycles. The second-order valence-corrected chi connectivity index (χ2v) is 16.2. The van der Waals surface area contributed by atoms with E-state index in [4.69, 9.17) is 14.2 Å². The summed E-state index contributed by atoms with van der Waals surface area (Å²) in [5.74, 6) is -0.356. The Hall–Kier alpha value is -2.16. The standard InChI is InChI=1S/C36H55FN6O6/c1-40(2)10-8-38-36(46)25-19-43-27-17-29-23(22-5-3-4-6-28(22)48-29)16-30(27)49-35-32(43)24(34(25)45)15-26(37)33(35)42-9-7-21(18-42)39-31(44)20-41-11-13-47-14-12-41/h19,21-24,26-30,32-33,35H,3-18,20H2,1-2H3,(H,38,46)(H,39,44)/t21-,22?,23?,24?,26?,27?,28?,29?,30?,32?,33?,35?/m1/s1. The monoisotopic (exact) mass is 686 g/mol. The van der Waals surface area contributed by atoms with Gasteiger partial charge in [0.25, 0.3) is 5.91 Å². The number of nitrogens with one attached hydrogen (secondary N) is 2. The summed E-state index contributed by atoms with van der Waals surface area (Å²) in [4.78, 5) is 49.0. The molecule has 11 unspecified atom stereocenters. The van der Waals surface area contributed by atoms with Crippen LogP contribution in [0.5, 0.6) is 0 Å². The Balaban J connectivity index is 1.04. The molecule has 2 N–H and O–H groups in total. The highest BCUT2D eigenvalue weighted by atomic mass is 19.1. The number of hydrogen-bond donors (Lipinski definition) is 2. The van der Waals surface area contributed by atoms with Crippen LogP contribution in [0.15, 0.2) is 11.8 Å². The lowest BCUT2D eigenvalue weighted by Gasteiger charge is -2.61. The Labute approximate surface area is 289 Å². The van der Waals surface area contributed by atoms with Crippen molar-refractivity contribution in [1.29, 1.82) is 0 Å². The predicted molar refractivity (Wildman–Crippen MR) is 178 cm³/mol. The van der Waals surface area contributed by atoms with E-state index in [0.717, 1.165) is 38.8 Å². The van der Waals surface area contributed by atoms with Crippen molar-refractivity contribution in [3.63, 3.8) is 0 Å². The van der Waals surface area contributed by atoms with E-state index in [9.17, 15) is 14.4 Å². The molecule has 272 valence electrons. The fourth-order valence-corrected chi connectivity index (χ4v) is 10.7. The first-order chi connectivity index (χ1) is 23.7. The van der Waals surface area contributed by atoms with E-state index < -0.39 is 24.2 Å². The maximum Gasteiger partial charge on any atom is 0.256 e. The maximum absolute atomic E-state index is 16.7. The molecule has 12 atom stereocenters. The van der Waals surface area contributed by atoms with Gasteiger partial charge in [-0.3, -0.25) is 24.2 Å². The number of alkyl halides is 1. The van der Waals surface area contributed by atoms with Crippen LogP contribution in [0.2, 0.25) is 0 Å². The average molecular weight is 687 g/mol. The Kier molecular flexibility index (Phi) is 9.77. The Morgan fingerprint density at radius 3 is 2.59 bits per heavy atom. The molecular weight excluding hydrogens is 631 g/mol. The van der Waals surface area contributed by atoms with E-state index in [0.29, 0.717) is 63.9 Å². The van der Waals surface area contributed by atoms with Crippen molar-refractivity contribution in [3.05, 3.63) is 11.8 Å². The molecule has 13 heteroatoms. The molecule has 4 saturated heterocycles. The van der Waals surface area contributed by atoms with Gasteiger partial charge in [-0.1, -0.05) is 12.8 Å². The molecule has 7 fully saturated rings. The van der Waals surface area contributed by atoms with Gasteiger partial charge in [0.05, 0.1) is 67.9 Å². The van der Waals surface area contributed by atoms with E-state index >= 15 is 4.39 Å². The lowest BCUT2D eigenvalue weighted by atomic mass is 9.67. The number of carbonyl (C=O) groups excluding carboxylic acids is 3. The van der Waals surface area contributed by atoms with Gasteiger partial charge in [-0.25, -0.2) is 4.39 Å². The van der Waals surface area contributed by atoms with Gasteiger partial charge in [0.2, 0.25) is 5.91 Å². The first kappa shape index (κ1) is 34.0. The lowest BCUT2D eigenvalue weighted by molar-refractivity contribution is -0.220. The molecule has 2 amide bonds. The molecule has 12 nitrogen and oxygen atoms in total. The number of nitrogens with zero attached hydrogens (tertiary/aromatic N) is 4. The zero-order chi connectivity index (χ0) is 33.8. The van der Waals surface area contributed by atoms with Crippen molar-refractivity contribution in [2.24, 2.45) is 17.8 Å². The zero-order valence-corrected chi connectivity index (χ0v) is 29.1. The SMILES string of the molecule is CN(C)CCNC(=O)C1=CN2C3CC4OC5CCCCC5C4CC3OC3C(N4CC[C@@H](NC(=O)CN5CCOCC5)C4)C(F)CC(C1=O)C32. The van der Waals surface area contributed by atoms with Crippen LogP contribution in [0.1, 0.15) is 51.4 Å². The van der Waals surface area contributed by atoms with Crippen molar-refractivity contribution >= 4 is 17.6 Å². The van der Waals surface area contributed by atoms with Crippen LogP contribution < -0.4 is 10.6 Å². The number of amides is 2. The highest BCUT2D eigenvalue weighted by molar-refractivity contribution is 6.20. The summed E-state index contributed by atoms with van der Waals surface area (Å²) < 4.78 is 35.9. The van der Waals surface area contributed by atoms with E-state index in [2.05, 4.69) is 25.3 Å². The molecule has 49 heavy (non-hydrogen) atoms. The fourth-order valence-electron chi connectivity index (χ4n) is 10.7. The summed E-state index contributed by atoms with van der Waals surface area (Å²) in [5, 5.41) is 6.15. The van der Waals surface area contributed by atoms with Crippen LogP contribution in [0, 0.1) is 17.8 Å². The number of ether oxygens (including phenoxy) is 3. The fraction of sp³-hybridized carbons (Fsp3) is 0.861. The van der Waals surface area contributed by atoms with E-state index in [-0.39, 0.29) is 59.9 Å². The number of Topliss-reactive ketones (excluding diaryl/α,β-unsaturated/α-hetero) is 1. The first-order valence-corrected chi connectivity index (χ1v) is 19.0. The number of hydrogen-bond acceptors (Lipinski definition) is 10. The van der Waals surface area contributed by atoms with Gasteiger partial charge in [0.15, 0.2) is 5.78 Å². The minimum absolute atomic E-state index is 0.00634. The van der Waals surface area contributed by atoms with Gasteiger partial charge in [-0.2, -0.15) is 0 Å². The van der Waals surface area contributed by atoms with Gasteiger partial charge in [-0.05, 0) is 64.5 Å². The molecule has 3 saturated carbocycles. The van der Waals surface area contributed by atoms with E-state index in [1.165, 1.54) is 19.3 Å². The minimum Gasteiger partial charge on any atom is -0.379 e. The third-order valence-electron chi connectivity index (χ3n) is 13.0. The largest absolute Gasteiger partial charge is 0.379 e. The quantitative estimate of drug-likeness (QED) is 0.351. The zero-order valence-electron chi connectivity index (χ0n) is 29.1. The van der Waals surface area contributed by atoms with E-state index in [1.807, 2.05) is 19.0 Å². The smallest absolute Gasteiger partial charge is 0.256 e. The van der Waals surface area contributed by atoms with Crippen LogP contribution in [0.3, 0.4) is 0 Å². The number of morpholine rings is 2. The molecule has 5 heterocycles. The maximum atomic E-state index is 16.7. The lowest BCUT2D eigenvalue weighted by Crippen LogP contribution is -2.73. The van der Waals surface area contributed by atoms with E-state index in [1.54, 1.807) is 6.20 Å². The van der Waals surface area contributed by atoms with Gasteiger partial charge in [-0.15, -0.1) is 0 Å². The summed E-state index contributed by atoms with van der Waals surface area (Å²) in [6.45, 7) is 5.42. The molecule has 0 aromatic rings. The number of likely N-dealkylation sites (N-methyl/N-ethyl adjacent to an activating group) is 1. The topological polar surface area (TPSA) is 116 Å². The van der Waals surface area contributed by atoms with Crippen LogP contribution in [-0.2, 0) is 28.6 Å². The van der Waals surface area contributed by atoms with Crippen molar-refractivity contribution in [2.75, 3.05) is 73.1 Å². The van der Waals surface area contributed by atoms with Gasteiger partial charge in [0, 0.05) is 57.4 Å². The second kappa shape index (κ2) is 14.1. The normalized spacial score (nSPS) is 42.2. The summed E-state index contributed by atoms with van der Waals surface area (Å²) in [6, 6.07) is -0.974. The van der Waals surface area contributed by atoms with Crippen molar-refractivity contribution in [1.82, 2.24) is 30.2 Å². The first-order valence-electron chi connectivity index (χ1n) is 19.0. The number of fused-ring (bicyclic) bond motifs is 5. The molecule has 8 rings (SSSR count). The number of carbonyl (C=O) groups is 3. The molecule has 3 aliphatic carbocycles. The highest BCUT2D eigenvalue weighted by Crippen LogP contribution is 2.53. The Morgan fingerprint density at radius 1 is 0.959 bits per heavy atom. The summed E-state index contributed by atoms with van der Waals surface area (Å²) in [5.41, 5.74) is 0.136. The Morgan fingerprint density at radius 2 is 1.78 bits per heavy atom. The summed E-state index contributed by atoms with van der Waals surface area (Å²) >= 11 is 0. The predicted octanol–water partition coefficient (Wildman–Crippen LogP) is 0.554. The molecule has 0 radical (unpaired) electrons. The molecular formula is C36H55FN6O6. The number of rotatable bonds is 8. The molecule has 0 bridgehead atoms. The molecule has 0 spiro atoms. The molecule has 0 aromatic heterocycles.